The first-order chi connectivity index (χ1) is 6.09. The maximum atomic E-state index is 11.4. The maximum absolute atomic E-state index is 11.4. The predicted octanol–water partition coefficient (Wildman–Crippen LogP) is -0.370. The molecule has 5 heteroatoms. The third kappa shape index (κ3) is 1.73. The van der Waals surface area contributed by atoms with Gasteiger partial charge in [0.15, 0.2) is 0 Å². The summed E-state index contributed by atoms with van der Waals surface area (Å²) in [6.45, 7) is 2.59. The molecule has 13 heavy (non-hydrogen) atoms. The van der Waals surface area contributed by atoms with Crippen LogP contribution < -0.4 is 5.32 Å². The van der Waals surface area contributed by atoms with Crippen molar-refractivity contribution in [2.24, 2.45) is 5.92 Å². The number of hydrogen-bond donors (Lipinski definition) is 1. The van der Waals surface area contributed by atoms with E-state index in [1.807, 2.05) is 0 Å². The Balaban J connectivity index is 2.16. The average Bonchev–Trinajstić information content (AvgIpc) is 2.45. The highest BCUT2D eigenvalue weighted by molar-refractivity contribution is 7.88. The molecule has 0 bridgehead atoms. The topological polar surface area (TPSA) is 49.4 Å². The second-order valence-electron chi connectivity index (χ2n) is 3.98. The van der Waals surface area contributed by atoms with Crippen molar-refractivity contribution in [3.05, 3.63) is 0 Å². The summed E-state index contributed by atoms with van der Waals surface area (Å²) >= 11 is 0. The molecule has 4 nitrogen and oxygen atoms in total. The number of nitrogens with zero attached hydrogens (tertiary/aromatic N) is 1. The highest BCUT2D eigenvalue weighted by Gasteiger charge is 2.39. The van der Waals surface area contributed by atoms with Crippen LogP contribution in [-0.2, 0) is 10.0 Å². The molecular weight excluding hydrogens is 188 g/mol. The van der Waals surface area contributed by atoms with Gasteiger partial charge in [-0.15, -0.1) is 0 Å². The second-order valence-corrected chi connectivity index (χ2v) is 5.92. The van der Waals surface area contributed by atoms with Crippen molar-refractivity contribution in [2.75, 3.05) is 25.9 Å². The van der Waals surface area contributed by atoms with Crippen molar-refractivity contribution in [1.29, 1.82) is 0 Å². The molecular formula is C8H16N2O2S. The number of fused-ring (bicyclic) bond motifs is 1. The zero-order valence-electron chi connectivity index (χ0n) is 7.86. The Morgan fingerprint density at radius 2 is 2.15 bits per heavy atom. The van der Waals surface area contributed by atoms with E-state index < -0.39 is 10.0 Å². The largest absolute Gasteiger partial charge is 0.315 e. The van der Waals surface area contributed by atoms with E-state index >= 15 is 0 Å². The van der Waals surface area contributed by atoms with Crippen LogP contribution in [0.3, 0.4) is 0 Å². The Bertz CT molecular complexity index is 289. The van der Waals surface area contributed by atoms with Gasteiger partial charge < -0.3 is 5.32 Å². The van der Waals surface area contributed by atoms with Gasteiger partial charge in [0.2, 0.25) is 10.0 Å². The molecule has 0 amide bonds. The molecule has 0 aromatic carbocycles. The van der Waals surface area contributed by atoms with Gasteiger partial charge in [0.1, 0.15) is 0 Å². The number of nitrogens with one attached hydrogen (secondary N) is 1. The van der Waals surface area contributed by atoms with Crippen molar-refractivity contribution < 1.29 is 8.42 Å². The van der Waals surface area contributed by atoms with Gasteiger partial charge in [0.05, 0.1) is 6.26 Å². The van der Waals surface area contributed by atoms with Crippen molar-refractivity contribution in [2.45, 2.75) is 18.9 Å². The van der Waals surface area contributed by atoms with E-state index in [0.717, 1.165) is 32.5 Å². The summed E-state index contributed by atoms with van der Waals surface area (Å²) in [6.07, 6.45) is 3.47. The Morgan fingerprint density at radius 1 is 1.38 bits per heavy atom. The lowest BCUT2D eigenvalue weighted by atomic mass is 9.94. The molecule has 76 valence electrons. The fraction of sp³-hybridized carbons (Fsp3) is 1.00. The molecule has 1 N–H and O–H groups in total. The first kappa shape index (κ1) is 9.43. The van der Waals surface area contributed by atoms with Crippen LogP contribution in [0.25, 0.3) is 0 Å². The van der Waals surface area contributed by atoms with Crippen LogP contribution in [0.4, 0.5) is 0 Å². The van der Waals surface area contributed by atoms with E-state index in [0.29, 0.717) is 5.92 Å². The maximum Gasteiger partial charge on any atom is 0.211 e. The lowest BCUT2D eigenvalue weighted by Gasteiger charge is -2.30. The van der Waals surface area contributed by atoms with Crippen LogP contribution in [0.1, 0.15) is 12.8 Å². The minimum atomic E-state index is -2.98. The lowest BCUT2D eigenvalue weighted by Crippen LogP contribution is -2.47. The Labute approximate surface area is 79.4 Å². The molecule has 2 heterocycles. The van der Waals surface area contributed by atoms with Crippen LogP contribution in [0, 0.1) is 5.92 Å². The van der Waals surface area contributed by atoms with Crippen LogP contribution in [0.5, 0.6) is 0 Å². The zero-order chi connectivity index (χ0) is 9.47. The zero-order valence-corrected chi connectivity index (χ0v) is 8.68. The average molecular weight is 204 g/mol. The second kappa shape index (κ2) is 3.22. The third-order valence-corrected chi connectivity index (χ3v) is 4.41. The lowest BCUT2D eigenvalue weighted by molar-refractivity contribution is 0.277. The van der Waals surface area contributed by atoms with E-state index in [4.69, 9.17) is 0 Å². The van der Waals surface area contributed by atoms with Crippen molar-refractivity contribution in [3.63, 3.8) is 0 Å². The summed E-state index contributed by atoms with van der Waals surface area (Å²) in [5, 5.41) is 3.25. The van der Waals surface area contributed by atoms with E-state index in [1.165, 1.54) is 6.26 Å². The summed E-state index contributed by atoms with van der Waals surface area (Å²) in [4.78, 5) is 0. The molecule has 2 atom stereocenters. The van der Waals surface area contributed by atoms with Crippen LogP contribution in [0.2, 0.25) is 0 Å². The van der Waals surface area contributed by atoms with E-state index in [1.54, 1.807) is 4.31 Å². The fourth-order valence-corrected chi connectivity index (χ4v) is 3.62. The molecule has 0 saturated carbocycles. The molecule has 2 saturated heterocycles. The number of rotatable bonds is 1. The molecule has 2 fully saturated rings. The smallest absolute Gasteiger partial charge is 0.211 e. The van der Waals surface area contributed by atoms with Gasteiger partial charge in [-0.3, -0.25) is 0 Å². The van der Waals surface area contributed by atoms with Crippen molar-refractivity contribution >= 4 is 10.0 Å². The summed E-state index contributed by atoms with van der Waals surface area (Å²) in [5.74, 6) is 0.593. The Hall–Kier alpha value is -0.130. The molecule has 2 aliphatic heterocycles. The van der Waals surface area contributed by atoms with Crippen LogP contribution >= 0.6 is 0 Å². The van der Waals surface area contributed by atoms with Crippen LogP contribution in [0.15, 0.2) is 0 Å². The molecule has 2 rings (SSSR count). The molecule has 0 unspecified atom stereocenters. The normalized spacial score (nSPS) is 36.1. The van der Waals surface area contributed by atoms with Gasteiger partial charge in [0.25, 0.3) is 0 Å². The summed E-state index contributed by atoms with van der Waals surface area (Å²) < 4.78 is 24.4. The highest BCUT2D eigenvalue weighted by Crippen LogP contribution is 2.30. The molecule has 0 spiro atoms. The predicted molar refractivity (Wildman–Crippen MR) is 50.9 cm³/mol. The van der Waals surface area contributed by atoms with Crippen LogP contribution in [-0.4, -0.2) is 44.7 Å². The monoisotopic (exact) mass is 204 g/mol. The Kier molecular flexibility index (Phi) is 2.33. The van der Waals surface area contributed by atoms with Gasteiger partial charge in [-0.1, -0.05) is 0 Å². The summed E-state index contributed by atoms with van der Waals surface area (Å²) in [5.41, 5.74) is 0. The first-order valence-electron chi connectivity index (χ1n) is 4.76. The van der Waals surface area contributed by atoms with E-state index in [-0.39, 0.29) is 6.04 Å². The highest BCUT2D eigenvalue weighted by atomic mass is 32.2. The van der Waals surface area contributed by atoms with E-state index in [2.05, 4.69) is 5.32 Å². The Morgan fingerprint density at radius 3 is 2.85 bits per heavy atom. The number of sulfonamides is 1. The molecule has 2 aliphatic rings. The molecule has 0 aliphatic carbocycles. The minimum Gasteiger partial charge on any atom is -0.315 e. The quantitative estimate of drug-likeness (QED) is 0.634. The van der Waals surface area contributed by atoms with Crippen molar-refractivity contribution in [3.8, 4) is 0 Å². The standard InChI is InChI=1S/C8H16N2O2S/c1-13(11,12)10-5-3-7-2-4-9-6-8(7)10/h7-9H,2-6H2,1H3/t7-,8-/m0/s1. The third-order valence-electron chi connectivity index (χ3n) is 3.11. The van der Waals surface area contributed by atoms with E-state index in [9.17, 15) is 8.42 Å². The summed E-state index contributed by atoms with van der Waals surface area (Å²) in [7, 11) is -2.98. The number of hydrogen-bond acceptors (Lipinski definition) is 3. The molecule has 0 aromatic rings. The van der Waals surface area contributed by atoms with Crippen molar-refractivity contribution in [1.82, 2.24) is 9.62 Å². The van der Waals surface area contributed by atoms with Gasteiger partial charge >= 0.3 is 0 Å². The summed E-state index contributed by atoms with van der Waals surface area (Å²) in [6, 6.07) is 0.226. The fourth-order valence-electron chi connectivity index (χ4n) is 2.44. The molecule has 0 aromatic heterocycles. The molecule has 0 radical (unpaired) electrons. The van der Waals surface area contributed by atoms with Gasteiger partial charge in [-0.2, -0.15) is 4.31 Å². The first-order valence-corrected chi connectivity index (χ1v) is 6.61. The van der Waals surface area contributed by atoms with Gasteiger partial charge in [-0.05, 0) is 25.3 Å². The van der Waals surface area contributed by atoms with Gasteiger partial charge in [-0.25, -0.2) is 8.42 Å². The van der Waals surface area contributed by atoms with Gasteiger partial charge in [0, 0.05) is 19.1 Å². The number of piperidine rings is 1. The SMILES string of the molecule is CS(=O)(=O)N1CC[C@@H]2CCNC[C@@H]21. The minimum absolute atomic E-state index is 0.226.